The zero-order chi connectivity index (χ0) is 13.5. The van der Waals surface area contributed by atoms with Gasteiger partial charge in [-0.2, -0.15) is 0 Å². The minimum Gasteiger partial charge on any atom is -0.492 e. The van der Waals surface area contributed by atoms with Gasteiger partial charge in [-0.1, -0.05) is 29.3 Å². The quantitative estimate of drug-likeness (QED) is 0.828. The lowest BCUT2D eigenvalue weighted by Gasteiger charge is -2.08. The van der Waals surface area contributed by atoms with Gasteiger partial charge >= 0.3 is 0 Å². The second-order valence-electron chi connectivity index (χ2n) is 3.96. The Kier molecular flexibility index (Phi) is 5.45. The third-order valence-electron chi connectivity index (χ3n) is 2.49. The van der Waals surface area contributed by atoms with Crippen LogP contribution in [-0.4, -0.2) is 18.1 Å². The Hall–Kier alpha value is -1.29. The molecule has 0 saturated heterocycles. The molecule has 0 atom stereocenters. The third kappa shape index (κ3) is 4.71. The van der Waals surface area contributed by atoms with Crippen LogP contribution < -0.4 is 10.1 Å². The van der Waals surface area contributed by atoms with Gasteiger partial charge in [-0.15, -0.1) is 0 Å². The van der Waals surface area contributed by atoms with Crippen LogP contribution in [0.25, 0.3) is 0 Å². The highest BCUT2D eigenvalue weighted by Gasteiger charge is 2.00. The van der Waals surface area contributed by atoms with Gasteiger partial charge in [0.15, 0.2) is 0 Å². The fourth-order valence-corrected chi connectivity index (χ4v) is 1.83. The molecule has 1 heterocycles. The molecule has 0 saturated carbocycles. The maximum Gasteiger partial charge on any atom is 0.120 e. The van der Waals surface area contributed by atoms with Crippen molar-refractivity contribution >= 4 is 23.2 Å². The summed E-state index contributed by atoms with van der Waals surface area (Å²) in [6.45, 7) is 2.09. The van der Waals surface area contributed by atoms with Gasteiger partial charge in [-0.25, -0.2) is 0 Å². The number of halogens is 2. The van der Waals surface area contributed by atoms with E-state index in [9.17, 15) is 0 Å². The average molecular weight is 297 g/mol. The third-order valence-corrected chi connectivity index (χ3v) is 3.23. The van der Waals surface area contributed by atoms with Crippen LogP contribution >= 0.6 is 23.2 Å². The molecule has 1 aromatic carbocycles. The van der Waals surface area contributed by atoms with E-state index in [1.54, 1.807) is 24.4 Å². The molecule has 1 N–H and O–H groups in total. The van der Waals surface area contributed by atoms with Gasteiger partial charge in [0.1, 0.15) is 12.4 Å². The summed E-state index contributed by atoms with van der Waals surface area (Å²) in [7, 11) is 0. The van der Waals surface area contributed by atoms with Gasteiger partial charge in [-0.05, 0) is 23.8 Å². The van der Waals surface area contributed by atoms with E-state index >= 15 is 0 Å². The predicted molar refractivity (Wildman–Crippen MR) is 77.9 cm³/mol. The van der Waals surface area contributed by atoms with Crippen molar-refractivity contribution in [3.05, 3.63) is 58.3 Å². The number of nitrogens with one attached hydrogen (secondary N) is 1. The molecule has 2 rings (SSSR count). The first-order valence-corrected chi connectivity index (χ1v) is 6.69. The molecular weight excluding hydrogens is 283 g/mol. The Balaban J connectivity index is 1.68. The second kappa shape index (κ2) is 7.34. The zero-order valence-electron chi connectivity index (χ0n) is 10.3. The smallest absolute Gasteiger partial charge is 0.120 e. The van der Waals surface area contributed by atoms with Crippen LogP contribution in [0.2, 0.25) is 10.0 Å². The second-order valence-corrected chi connectivity index (χ2v) is 4.78. The van der Waals surface area contributed by atoms with Crippen molar-refractivity contribution in [3.63, 3.8) is 0 Å². The molecule has 0 aliphatic heterocycles. The van der Waals surface area contributed by atoms with E-state index in [4.69, 9.17) is 27.9 Å². The van der Waals surface area contributed by atoms with Crippen molar-refractivity contribution in [2.24, 2.45) is 0 Å². The van der Waals surface area contributed by atoms with Crippen molar-refractivity contribution in [1.29, 1.82) is 0 Å². The number of ether oxygens (including phenoxy) is 1. The Labute approximate surface area is 122 Å². The van der Waals surface area contributed by atoms with Crippen LogP contribution in [0.1, 0.15) is 5.56 Å². The van der Waals surface area contributed by atoms with Crippen molar-refractivity contribution in [2.75, 3.05) is 13.2 Å². The summed E-state index contributed by atoms with van der Waals surface area (Å²) in [5.74, 6) is 0.720. The maximum absolute atomic E-state index is 5.90. The van der Waals surface area contributed by atoms with Crippen molar-refractivity contribution in [1.82, 2.24) is 10.3 Å². The number of hydrogen-bond acceptors (Lipinski definition) is 3. The summed E-state index contributed by atoms with van der Waals surface area (Å²) in [5.41, 5.74) is 1.15. The minimum absolute atomic E-state index is 0.502. The first kappa shape index (κ1) is 14.1. The van der Waals surface area contributed by atoms with Crippen LogP contribution in [0.15, 0.2) is 42.7 Å². The highest BCUT2D eigenvalue weighted by atomic mass is 35.5. The monoisotopic (exact) mass is 296 g/mol. The molecule has 0 fully saturated rings. The zero-order valence-corrected chi connectivity index (χ0v) is 11.8. The number of rotatable bonds is 6. The lowest BCUT2D eigenvalue weighted by molar-refractivity contribution is 0.313. The summed E-state index contributed by atoms with van der Waals surface area (Å²) in [4.78, 5) is 4.05. The van der Waals surface area contributed by atoms with Crippen LogP contribution in [-0.2, 0) is 6.54 Å². The summed E-state index contributed by atoms with van der Waals surface area (Å²) < 4.78 is 5.56. The van der Waals surface area contributed by atoms with Crippen LogP contribution in [0.5, 0.6) is 5.75 Å². The fraction of sp³-hybridized carbons (Fsp3) is 0.214. The molecule has 1 aromatic heterocycles. The Morgan fingerprint density at radius 3 is 2.79 bits per heavy atom. The first-order chi connectivity index (χ1) is 9.25. The van der Waals surface area contributed by atoms with Crippen molar-refractivity contribution in [2.45, 2.75) is 6.54 Å². The molecular formula is C14H14Cl2N2O. The average Bonchev–Trinajstić information content (AvgIpc) is 2.43. The predicted octanol–water partition coefficient (Wildman–Crippen LogP) is 3.56. The number of benzene rings is 1. The molecule has 19 heavy (non-hydrogen) atoms. The normalized spacial score (nSPS) is 10.4. The molecule has 0 radical (unpaired) electrons. The minimum atomic E-state index is 0.502. The van der Waals surface area contributed by atoms with E-state index in [-0.39, 0.29) is 0 Å². The van der Waals surface area contributed by atoms with E-state index in [0.717, 1.165) is 24.4 Å². The number of nitrogens with zero attached hydrogens (tertiary/aromatic N) is 1. The molecule has 2 aromatic rings. The standard InChI is InChI=1S/C14H14Cl2N2O/c15-13-4-3-12(8-14(13)16)19-7-6-18-10-11-2-1-5-17-9-11/h1-5,8-9,18H,6-7,10H2. The summed E-state index contributed by atoms with van der Waals surface area (Å²) >= 11 is 11.7. The van der Waals surface area contributed by atoms with Gasteiger partial charge in [0.25, 0.3) is 0 Å². The van der Waals surface area contributed by atoms with Gasteiger partial charge in [-0.3, -0.25) is 4.98 Å². The molecule has 0 spiro atoms. The van der Waals surface area contributed by atoms with E-state index in [2.05, 4.69) is 10.3 Å². The maximum atomic E-state index is 5.90. The fourth-order valence-electron chi connectivity index (χ4n) is 1.54. The van der Waals surface area contributed by atoms with Crippen LogP contribution in [0.4, 0.5) is 0 Å². The summed E-state index contributed by atoms with van der Waals surface area (Å²) in [5, 5.41) is 4.31. The Morgan fingerprint density at radius 1 is 1.16 bits per heavy atom. The number of aromatic nitrogens is 1. The highest BCUT2D eigenvalue weighted by Crippen LogP contribution is 2.26. The number of pyridine rings is 1. The Bertz CT molecular complexity index is 520. The van der Waals surface area contributed by atoms with Gasteiger partial charge < -0.3 is 10.1 Å². The molecule has 0 unspecified atom stereocenters. The topological polar surface area (TPSA) is 34.1 Å². The van der Waals surface area contributed by atoms with E-state index in [1.165, 1.54) is 0 Å². The van der Waals surface area contributed by atoms with Gasteiger partial charge in [0, 0.05) is 31.5 Å². The van der Waals surface area contributed by atoms with Gasteiger partial charge in [0.2, 0.25) is 0 Å². The largest absolute Gasteiger partial charge is 0.492 e. The van der Waals surface area contributed by atoms with Gasteiger partial charge in [0.05, 0.1) is 10.0 Å². The Morgan fingerprint density at radius 2 is 2.05 bits per heavy atom. The van der Waals surface area contributed by atoms with Crippen LogP contribution in [0, 0.1) is 0 Å². The molecule has 0 amide bonds. The molecule has 100 valence electrons. The van der Waals surface area contributed by atoms with E-state index in [1.807, 2.05) is 18.3 Å². The van der Waals surface area contributed by atoms with E-state index in [0.29, 0.717) is 16.7 Å². The van der Waals surface area contributed by atoms with Crippen molar-refractivity contribution < 1.29 is 4.74 Å². The SMILES string of the molecule is Clc1ccc(OCCNCc2cccnc2)cc1Cl. The highest BCUT2D eigenvalue weighted by molar-refractivity contribution is 6.42. The molecule has 0 bridgehead atoms. The van der Waals surface area contributed by atoms with Crippen molar-refractivity contribution in [3.8, 4) is 5.75 Å². The molecule has 3 nitrogen and oxygen atoms in total. The summed E-state index contributed by atoms with van der Waals surface area (Å²) in [6.07, 6.45) is 3.60. The molecule has 0 aliphatic carbocycles. The van der Waals surface area contributed by atoms with E-state index < -0.39 is 0 Å². The lowest BCUT2D eigenvalue weighted by Crippen LogP contribution is -2.20. The number of hydrogen-bond donors (Lipinski definition) is 1. The summed E-state index contributed by atoms with van der Waals surface area (Å²) in [6, 6.07) is 9.19. The molecule has 5 heteroatoms. The first-order valence-electron chi connectivity index (χ1n) is 5.93. The lowest BCUT2D eigenvalue weighted by atomic mass is 10.3. The molecule has 0 aliphatic rings. The van der Waals surface area contributed by atoms with Crippen LogP contribution in [0.3, 0.4) is 0 Å².